The van der Waals surface area contributed by atoms with Gasteiger partial charge in [-0.05, 0) is 68.8 Å². The van der Waals surface area contributed by atoms with Gasteiger partial charge in [-0.2, -0.15) is 0 Å². The Morgan fingerprint density at radius 1 is 1.04 bits per heavy atom. The monoisotopic (exact) mass is 377 g/mol. The third-order valence-electron chi connectivity index (χ3n) is 4.06. The van der Waals surface area contributed by atoms with E-state index in [-0.39, 0.29) is 11.7 Å². The second-order valence-corrected chi connectivity index (χ2v) is 6.33. The van der Waals surface area contributed by atoms with E-state index in [2.05, 4.69) is 10.3 Å². The van der Waals surface area contributed by atoms with E-state index in [1.54, 1.807) is 24.3 Å². The van der Waals surface area contributed by atoms with E-state index in [4.69, 9.17) is 15.2 Å². The van der Waals surface area contributed by atoms with E-state index in [1.807, 2.05) is 51.1 Å². The molecule has 28 heavy (non-hydrogen) atoms. The maximum absolute atomic E-state index is 12.6. The number of anilines is 2. The van der Waals surface area contributed by atoms with Crippen LogP contribution in [0.15, 0.2) is 54.6 Å². The van der Waals surface area contributed by atoms with Gasteiger partial charge in [-0.15, -0.1) is 0 Å². The van der Waals surface area contributed by atoms with Crippen LogP contribution in [-0.4, -0.2) is 17.5 Å². The van der Waals surface area contributed by atoms with E-state index in [0.717, 1.165) is 17.0 Å². The highest BCUT2D eigenvalue weighted by Gasteiger charge is 2.15. The van der Waals surface area contributed by atoms with Crippen molar-refractivity contribution in [1.29, 1.82) is 0 Å². The number of aromatic nitrogens is 1. The Labute approximate surface area is 164 Å². The summed E-state index contributed by atoms with van der Waals surface area (Å²) >= 11 is 0. The fourth-order valence-electron chi connectivity index (χ4n) is 2.89. The topological polar surface area (TPSA) is 86.5 Å². The molecule has 3 rings (SSSR count). The molecule has 0 atom stereocenters. The van der Waals surface area contributed by atoms with E-state index in [1.165, 1.54) is 0 Å². The largest absolute Gasteiger partial charge is 0.494 e. The van der Waals surface area contributed by atoms with Crippen LogP contribution in [0, 0.1) is 13.8 Å². The minimum atomic E-state index is -0.291. The summed E-state index contributed by atoms with van der Waals surface area (Å²) in [6, 6.07) is 16.4. The molecule has 1 amide bonds. The molecule has 0 saturated heterocycles. The summed E-state index contributed by atoms with van der Waals surface area (Å²) in [5.74, 6) is 2.02. The lowest BCUT2D eigenvalue weighted by Gasteiger charge is -2.12. The first kappa shape index (κ1) is 19.2. The van der Waals surface area contributed by atoms with Gasteiger partial charge in [0.05, 0.1) is 12.2 Å². The summed E-state index contributed by atoms with van der Waals surface area (Å²) in [4.78, 5) is 16.7. The summed E-state index contributed by atoms with van der Waals surface area (Å²) < 4.78 is 11.3. The number of aryl methyl sites for hydroxylation is 2. The predicted molar refractivity (Wildman–Crippen MR) is 110 cm³/mol. The van der Waals surface area contributed by atoms with Gasteiger partial charge in [-0.3, -0.25) is 4.79 Å². The maximum atomic E-state index is 12.6. The van der Waals surface area contributed by atoms with Crippen molar-refractivity contribution < 1.29 is 14.3 Å². The maximum Gasteiger partial charge on any atom is 0.259 e. The highest BCUT2D eigenvalue weighted by molar-refractivity contribution is 6.08. The first-order valence-corrected chi connectivity index (χ1v) is 9.02. The van der Waals surface area contributed by atoms with Crippen molar-refractivity contribution in [3.8, 4) is 17.2 Å². The van der Waals surface area contributed by atoms with Crippen LogP contribution in [0.5, 0.6) is 17.2 Å². The molecular formula is C22H23N3O3. The molecule has 3 N–H and O–H groups in total. The number of carbonyl (C=O) groups is 1. The number of nitrogens with one attached hydrogen (secondary N) is 1. The van der Waals surface area contributed by atoms with Gasteiger partial charge in [0.1, 0.15) is 23.1 Å². The number of benzene rings is 2. The minimum Gasteiger partial charge on any atom is -0.494 e. The summed E-state index contributed by atoms with van der Waals surface area (Å²) in [5, 5.41) is 2.84. The quantitative estimate of drug-likeness (QED) is 0.649. The summed E-state index contributed by atoms with van der Waals surface area (Å²) in [7, 11) is 0. The number of rotatable bonds is 6. The zero-order valence-electron chi connectivity index (χ0n) is 16.2. The minimum absolute atomic E-state index is 0.226. The molecule has 6 heteroatoms. The standard InChI is InChI=1S/C22H23N3O3/c1-4-27-18-6-5-7-19(13-18)28-17-10-8-16(9-11-17)25-22(26)20-14(2)12-15(3)24-21(20)23/h5-13H,4H2,1-3H3,(H2,23,24)(H,25,26). The number of hydrogen-bond donors (Lipinski definition) is 2. The van der Waals surface area contributed by atoms with Crippen molar-refractivity contribution in [2.45, 2.75) is 20.8 Å². The molecule has 2 aromatic carbocycles. The van der Waals surface area contributed by atoms with Crippen molar-refractivity contribution in [1.82, 2.24) is 4.98 Å². The molecule has 0 fully saturated rings. The van der Waals surface area contributed by atoms with Crippen LogP contribution in [-0.2, 0) is 0 Å². The SMILES string of the molecule is CCOc1cccc(Oc2ccc(NC(=O)c3c(C)cc(C)nc3N)cc2)c1. The molecule has 0 aliphatic carbocycles. The first-order chi connectivity index (χ1) is 13.5. The summed E-state index contributed by atoms with van der Waals surface area (Å²) in [6.07, 6.45) is 0. The molecule has 0 aliphatic heterocycles. The molecule has 0 saturated carbocycles. The van der Waals surface area contributed by atoms with Gasteiger partial charge in [0, 0.05) is 17.4 Å². The average molecular weight is 377 g/mol. The third kappa shape index (κ3) is 4.59. The highest BCUT2D eigenvalue weighted by Crippen LogP contribution is 2.26. The Morgan fingerprint density at radius 2 is 1.75 bits per heavy atom. The number of nitrogens with zero attached hydrogens (tertiary/aromatic N) is 1. The molecule has 1 heterocycles. The van der Waals surface area contributed by atoms with Crippen molar-refractivity contribution in [3.63, 3.8) is 0 Å². The van der Waals surface area contributed by atoms with Crippen LogP contribution in [0.1, 0.15) is 28.5 Å². The number of nitrogen functional groups attached to an aromatic ring is 1. The summed E-state index contributed by atoms with van der Waals surface area (Å²) in [6.45, 7) is 6.21. The number of hydrogen-bond acceptors (Lipinski definition) is 5. The van der Waals surface area contributed by atoms with E-state index in [9.17, 15) is 4.79 Å². The van der Waals surface area contributed by atoms with Crippen LogP contribution in [0.2, 0.25) is 0 Å². The van der Waals surface area contributed by atoms with E-state index >= 15 is 0 Å². The molecule has 0 aliphatic rings. The number of nitrogens with two attached hydrogens (primary N) is 1. The Bertz CT molecular complexity index is 962. The van der Waals surface area contributed by atoms with Gasteiger partial charge in [0.15, 0.2) is 0 Å². The van der Waals surface area contributed by atoms with Crippen LogP contribution in [0.4, 0.5) is 11.5 Å². The normalized spacial score (nSPS) is 10.4. The third-order valence-corrected chi connectivity index (χ3v) is 4.06. The first-order valence-electron chi connectivity index (χ1n) is 9.02. The van der Waals surface area contributed by atoms with Crippen LogP contribution >= 0.6 is 0 Å². The van der Waals surface area contributed by atoms with Gasteiger partial charge in [0.25, 0.3) is 5.91 Å². The lowest BCUT2D eigenvalue weighted by atomic mass is 10.1. The number of carbonyl (C=O) groups excluding carboxylic acids is 1. The molecule has 0 spiro atoms. The van der Waals surface area contributed by atoms with Crippen LogP contribution in [0.3, 0.4) is 0 Å². The van der Waals surface area contributed by atoms with Gasteiger partial charge in [-0.25, -0.2) is 4.98 Å². The Kier molecular flexibility index (Phi) is 5.79. The zero-order chi connectivity index (χ0) is 20.1. The van der Waals surface area contributed by atoms with E-state index < -0.39 is 0 Å². The lowest BCUT2D eigenvalue weighted by Crippen LogP contribution is -2.17. The molecule has 6 nitrogen and oxygen atoms in total. The van der Waals surface area contributed by atoms with Gasteiger partial charge in [0.2, 0.25) is 0 Å². The molecule has 3 aromatic rings. The van der Waals surface area contributed by atoms with Crippen LogP contribution < -0.4 is 20.5 Å². The molecule has 0 unspecified atom stereocenters. The highest BCUT2D eigenvalue weighted by atomic mass is 16.5. The number of pyridine rings is 1. The van der Waals surface area contributed by atoms with Crippen molar-refractivity contribution in [3.05, 3.63) is 71.4 Å². The summed E-state index contributed by atoms with van der Waals surface area (Å²) in [5.41, 5.74) is 8.51. The second kappa shape index (κ2) is 8.43. The second-order valence-electron chi connectivity index (χ2n) is 6.33. The molecule has 1 aromatic heterocycles. The Hall–Kier alpha value is -3.54. The van der Waals surface area contributed by atoms with Crippen LogP contribution in [0.25, 0.3) is 0 Å². The van der Waals surface area contributed by atoms with Gasteiger partial charge < -0.3 is 20.5 Å². The number of ether oxygens (including phenoxy) is 2. The molecule has 144 valence electrons. The number of amides is 1. The fourth-order valence-corrected chi connectivity index (χ4v) is 2.89. The zero-order valence-corrected chi connectivity index (χ0v) is 16.2. The molecule has 0 bridgehead atoms. The lowest BCUT2D eigenvalue weighted by molar-refractivity contribution is 0.102. The predicted octanol–water partition coefficient (Wildman–Crippen LogP) is 4.72. The Morgan fingerprint density at radius 3 is 2.43 bits per heavy atom. The van der Waals surface area contributed by atoms with Gasteiger partial charge >= 0.3 is 0 Å². The molecule has 0 radical (unpaired) electrons. The van der Waals surface area contributed by atoms with Crippen molar-refractivity contribution >= 4 is 17.4 Å². The smallest absolute Gasteiger partial charge is 0.259 e. The Balaban J connectivity index is 1.69. The van der Waals surface area contributed by atoms with Crippen molar-refractivity contribution in [2.75, 3.05) is 17.7 Å². The average Bonchev–Trinajstić information content (AvgIpc) is 2.63. The van der Waals surface area contributed by atoms with Gasteiger partial charge in [-0.1, -0.05) is 6.07 Å². The molecular weight excluding hydrogens is 354 g/mol. The van der Waals surface area contributed by atoms with Crippen molar-refractivity contribution in [2.24, 2.45) is 0 Å². The van der Waals surface area contributed by atoms with E-state index in [0.29, 0.717) is 29.4 Å². The fraction of sp³-hybridized carbons (Fsp3) is 0.182.